The van der Waals surface area contributed by atoms with Crippen molar-refractivity contribution in [2.75, 3.05) is 13.2 Å². The minimum Gasteiger partial charge on any atom is -0.377 e. The van der Waals surface area contributed by atoms with Gasteiger partial charge in [-0.15, -0.1) is 0 Å². The van der Waals surface area contributed by atoms with Crippen LogP contribution in [0.1, 0.15) is 66.7 Å². The van der Waals surface area contributed by atoms with E-state index in [0.717, 1.165) is 6.61 Å². The Balaban J connectivity index is 1.72. The topological polar surface area (TPSA) is 21.3 Å². The van der Waals surface area contributed by atoms with Gasteiger partial charge in [-0.05, 0) is 37.0 Å². The van der Waals surface area contributed by atoms with Crippen LogP contribution >= 0.6 is 0 Å². The van der Waals surface area contributed by atoms with E-state index in [9.17, 15) is 0 Å². The van der Waals surface area contributed by atoms with Crippen molar-refractivity contribution in [3.8, 4) is 0 Å². The highest BCUT2D eigenvalue weighted by atomic mass is 16.5. The third-order valence-corrected chi connectivity index (χ3v) is 5.27. The average Bonchev–Trinajstić information content (AvgIpc) is 3.07. The number of rotatable bonds is 8. The molecule has 0 amide bonds. The van der Waals surface area contributed by atoms with Crippen molar-refractivity contribution in [3.05, 3.63) is 0 Å². The largest absolute Gasteiger partial charge is 0.377 e. The van der Waals surface area contributed by atoms with Crippen LogP contribution in [0.3, 0.4) is 0 Å². The molecule has 0 aromatic heterocycles. The van der Waals surface area contributed by atoms with Gasteiger partial charge in [0.05, 0.1) is 6.10 Å². The standard InChI is InChI=1S/C17H33NO/c1-6-7-17(8-9-17)12-18-14-10-15(16(14,4)5)19-11-13(2)3/h13-15,18H,6-12H2,1-5H3. The van der Waals surface area contributed by atoms with Crippen LogP contribution in [-0.4, -0.2) is 25.3 Å². The van der Waals surface area contributed by atoms with Gasteiger partial charge in [-0.2, -0.15) is 0 Å². The Morgan fingerprint density at radius 3 is 2.42 bits per heavy atom. The van der Waals surface area contributed by atoms with Crippen molar-refractivity contribution < 1.29 is 4.74 Å². The Morgan fingerprint density at radius 2 is 1.95 bits per heavy atom. The Labute approximate surface area is 119 Å². The molecule has 19 heavy (non-hydrogen) atoms. The van der Waals surface area contributed by atoms with Gasteiger partial charge in [-0.3, -0.25) is 0 Å². The molecule has 0 spiro atoms. The van der Waals surface area contributed by atoms with E-state index in [1.807, 2.05) is 0 Å². The SMILES string of the molecule is CCCC1(CNC2CC(OCC(C)C)C2(C)C)CC1. The van der Waals surface area contributed by atoms with Crippen molar-refractivity contribution in [3.63, 3.8) is 0 Å². The van der Waals surface area contributed by atoms with Crippen molar-refractivity contribution in [2.24, 2.45) is 16.7 Å². The van der Waals surface area contributed by atoms with Crippen molar-refractivity contribution >= 4 is 0 Å². The van der Waals surface area contributed by atoms with Crippen molar-refractivity contribution in [2.45, 2.75) is 78.9 Å². The number of hydrogen-bond acceptors (Lipinski definition) is 2. The molecule has 2 heteroatoms. The lowest BCUT2D eigenvalue weighted by Crippen LogP contribution is -2.61. The van der Waals surface area contributed by atoms with Crippen molar-refractivity contribution in [1.82, 2.24) is 5.32 Å². The molecule has 112 valence electrons. The first-order chi connectivity index (χ1) is 8.89. The second-order valence-electron chi connectivity index (χ2n) is 7.96. The summed E-state index contributed by atoms with van der Waals surface area (Å²) in [5.74, 6) is 0.641. The van der Waals surface area contributed by atoms with E-state index in [1.54, 1.807) is 0 Å². The van der Waals surface area contributed by atoms with Gasteiger partial charge < -0.3 is 10.1 Å². The van der Waals surface area contributed by atoms with Crippen LogP contribution in [0.5, 0.6) is 0 Å². The van der Waals surface area contributed by atoms with Gasteiger partial charge in [-0.1, -0.05) is 41.0 Å². The second kappa shape index (κ2) is 5.73. The van der Waals surface area contributed by atoms with Gasteiger partial charge in [0.25, 0.3) is 0 Å². The Bertz CT molecular complexity index is 294. The molecule has 2 aliphatic carbocycles. The average molecular weight is 267 g/mol. The first kappa shape index (κ1) is 15.3. The third-order valence-electron chi connectivity index (χ3n) is 5.27. The van der Waals surface area contributed by atoms with E-state index in [4.69, 9.17) is 4.74 Å². The summed E-state index contributed by atoms with van der Waals surface area (Å²) in [5, 5.41) is 3.83. The summed E-state index contributed by atoms with van der Waals surface area (Å²) in [4.78, 5) is 0. The van der Waals surface area contributed by atoms with Gasteiger partial charge in [0.15, 0.2) is 0 Å². The van der Waals surface area contributed by atoms with E-state index >= 15 is 0 Å². The highest BCUT2D eigenvalue weighted by Gasteiger charge is 2.50. The monoisotopic (exact) mass is 267 g/mol. The molecule has 0 aliphatic heterocycles. The first-order valence-electron chi connectivity index (χ1n) is 8.24. The van der Waals surface area contributed by atoms with Crippen LogP contribution in [0, 0.1) is 16.7 Å². The molecule has 2 aliphatic rings. The highest BCUT2D eigenvalue weighted by molar-refractivity contribution is 5.05. The number of ether oxygens (including phenoxy) is 1. The lowest BCUT2D eigenvalue weighted by molar-refractivity contribution is -0.124. The lowest BCUT2D eigenvalue weighted by Gasteiger charge is -2.52. The zero-order valence-electron chi connectivity index (χ0n) is 13.6. The normalized spacial score (nSPS) is 31.3. The summed E-state index contributed by atoms with van der Waals surface area (Å²) in [6, 6.07) is 0.652. The minimum absolute atomic E-state index is 0.303. The summed E-state index contributed by atoms with van der Waals surface area (Å²) in [6.07, 6.45) is 7.26. The molecule has 2 fully saturated rings. The van der Waals surface area contributed by atoms with Crippen LogP contribution in [-0.2, 0) is 4.74 Å². The summed E-state index contributed by atoms with van der Waals surface area (Å²) < 4.78 is 6.04. The lowest BCUT2D eigenvalue weighted by atomic mass is 9.64. The highest BCUT2D eigenvalue weighted by Crippen LogP contribution is 2.50. The molecule has 2 atom stereocenters. The maximum Gasteiger partial charge on any atom is 0.0656 e. The second-order valence-corrected chi connectivity index (χ2v) is 7.96. The van der Waals surface area contributed by atoms with Crippen LogP contribution in [0.4, 0.5) is 0 Å². The van der Waals surface area contributed by atoms with Crippen LogP contribution in [0.2, 0.25) is 0 Å². The fourth-order valence-corrected chi connectivity index (χ4v) is 3.39. The Morgan fingerprint density at radius 1 is 1.26 bits per heavy atom. The Kier molecular flexibility index (Phi) is 4.62. The number of nitrogens with one attached hydrogen (secondary N) is 1. The first-order valence-corrected chi connectivity index (χ1v) is 8.24. The molecule has 0 radical (unpaired) electrons. The molecule has 2 rings (SSSR count). The predicted molar refractivity (Wildman–Crippen MR) is 81.3 cm³/mol. The van der Waals surface area contributed by atoms with Gasteiger partial charge in [0.2, 0.25) is 0 Å². The van der Waals surface area contributed by atoms with Gasteiger partial charge >= 0.3 is 0 Å². The summed E-state index contributed by atoms with van der Waals surface area (Å²) in [7, 11) is 0. The zero-order valence-corrected chi connectivity index (χ0v) is 13.6. The third kappa shape index (κ3) is 3.52. The minimum atomic E-state index is 0.303. The quantitative estimate of drug-likeness (QED) is 0.718. The predicted octanol–water partition coefficient (Wildman–Crippen LogP) is 4.00. The maximum absolute atomic E-state index is 6.04. The molecule has 0 bridgehead atoms. The smallest absolute Gasteiger partial charge is 0.0656 e. The fraction of sp³-hybridized carbons (Fsp3) is 1.00. The van der Waals surface area contributed by atoms with Crippen LogP contribution < -0.4 is 5.32 Å². The van der Waals surface area contributed by atoms with E-state index in [2.05, 4.69) is 39.9 Å². The maximum atomic E-state index is 6.04. The van der Waals surface area contributed by atoms with Gasteiger partial charge in [-0.25, -0.2) is 0 Å². The molecule has 1 N–H and O–H groups in total. The summed E-state index contributed by atoms with van der Waals surface area (Å²) >= 11 is 0. The molecule has 0 heterocycles. The molecular weight excluding hydrogens is 234 g/mol. The summed E-state index contributed by atoms with van der Waals surface area (Å²) in [5.41, 5.74) is 0.964. The molecule has 2 unspecified atom stereocenters. The molecule has 2 nitrogen and oxygen atoms in total. The zero-order chi connectivity index (χ0) is 14.1. The van der Waals surface area contributed by atoms with E-state index in [1.165, 1.54) is 38.6 Å². The Hall–Kier alpha value is -0.0800. The molecule has 0 aromatic rings. The van der Waals surface area contributed by atoms with E-state index < -0.39 is 0 Å². The molecule has 0 aromatic carbocycles. The summed E-state index contributed by atoms with van der Waals surface area (Å²) in [6.45, 7) is 13.6. The van der Waals surface area contributed by atoms with Crippen LogP contribution in [0.25, 0.3) is 0 Å². The van der Waals surface area contributed by atoms with Gasteiger partial charge in [0, 0.05) is 24.6 Å². The molecular formula is C17H33NO. The van der Waals surface area contributed by atoms with E-state index in [0.29, 0.717) is 28.9 Å². The molecule has 2 saturated carbocycles. The number of hydrogen-bond donors (Lipinski definition) is 1. The fourth-order valence-electron chi connectivity index (χ4n) is 3.39. The van der Waals surface area contributed by atoms with Gasteiger partial charge in [0.1, 0.15) is 0 Å². The van der Waals surface area contributed by atoms with Crippen molar-refractivity contribution in [1.29, 1.82) is 0 Å². The molecule has 0 saturated heterocycles. The van der Waals surface area contributed by atoms with E-state index in [-0.39, 0.29) is 0 Å². The van der Waals surface area contributed by atoms with Crippen LogP contribution in [0.15, 0.2) is 0 Å².